The average Bonchev–Trinajstić information content (AvgIpc) is 0.917. The predicted molar refractivity (Wildman–Crippen MR) is 466 cm³/mol. The first-order valence-corrected chi connectivity index (χ1v) is 37.8. The van der Waals surface area contributed by atoms with Crippen molar-refractivity contribution in [2.45, 2.75) is 211 Å². The number of aliphatic imine (C=N–C) groups is 1. The van der Waals surface area contributed by atoms with E-state index in [0.717, 1.165) is 6.42 Å². The number of hydrogen-bond acceptors (Lipinski definition) is 3. The zero-order chi connectivity index (χ0) is 77.8. The number of rotatable bonds is 1. The van der Waals surface area contributed by atoms with Gasteiger partial charge in [0.2, 0.25) is 0 Å². The fourth-order valence-corrected chi connectivity index (χ4v) is 13.1. The Morgan fingerprint density at radius 1 is 0.311 bits per heavy atom. The van der Waals surface area contributed by atoms with Crippen molar-refractivity contribution in [1.82, 2.24) is 9.13 Å². The van der Waals surface area contributed by atoms with Crippen LogP contribution >= 0.6 is 0 Å². The number of hydrogen-bond donors (Lipinski definition) is 0. The Labute approximate surface area is 635 Å². The monoisotopic (exact) mass is 1410 g/mol. The second-order valence-corrected chi connectivity index (χ2v) is 36.3. The molecule has 1 aliphatic heterocycles. The summed E-state index contributed by atoms with van der Waals surface area (Å²) in [6, 6.07) is 86.4. The molecule has 12 aromatic carbocycles. The van der Waals surface area contributed by atoms with Crippen molar-refractivity contribution in [2.75, 3.05) is 0 Å². The minimum absolute atomic E-state index is 0.0890. The summed E-state index contributed by atoms with van der Waals surface area (Å²) < 4.78 is 4.01. The molecule has 0 saturated carbocycles. The topological polar surface area (TPSA) is 65.4 Å². The van der Waals surface area contributed by atoms with Crippen molar-refractivity contribution in [2.24, 2.45) is 10.4 Å². The second-order valence-electron chi connectivity index (χ2n) is 36.3. The molecular formula is C100H120N4O2. The second kappa shape index (κ2) is 33.7. The third kappa shape index (κ3) is 21.9. The molecule has 0 saturated heterocycles. The van der Waals surface area contributed by atoms with Crippen molar-refractivity contribution < 1.29 is 4.92 Å². The van der Waals surface area contributed by atoms with E-state index >= 15 is 0 Å². The molecule has 2 aromatic heterocycles. The number of allylic oxidation sites excluding steroid dienone is 1. The molecule has 6 heteroatoms. The third-order valence-corrected chi connectivity index (χ3v) is 19.4. The highest BCUT2D eigenvalue weighted by molar-refractivity contribution is 6.23. The predicted octanol–water partition coefficient (Wildman–Crippen LogP) is 29.2. The highest BCUT2D eigenvalue weighted by Crippen LogP contribution is 2.41. The van der Waals surface area contributed by atoms with E-state index in [9.17, 15) is 10.1 Å². The Kier molecular flexibility index (Phi) is 26.0. The highest BCUT2D eigenvalue weighted by Gasteiger charge is 2.23. The molecule has 15 rings (SSSR count). The van der Waals surface area contributed by atoms with Crippen LogP contribution in [-0.4, -0.2) is 20.3 Å². The summed E-state index contributed by atoms with van der Waals surface area (Å²) in [5.74, 6) is 0. The first-order valence-electron chi connectivity index (χ1n) is 37.8. The summed E-state index contributed by atoms with van der Waals surface area (Å²) >= 11 is 0. The van der Waals surface area contributed by atoms with Gasteiger partial charge in [-0.3, -0.25) is 15.1 Å². The van der Waals surface area contributed by atoms with Crippen molar-refractivity contribution in [1.29, 1.82) is 0 Å². The first-order chi connectivity index (χ1) is 49.5. The lowest BCUT2D eigenvalue weighted by Crippen LogP contribution is -2.19. The van der Waals surface area contributed by atoms with Gasteiger partial charge < -0.3 is 9.13 Å². The third-order valence-electron chi connectivity index (χ3n) is 19.4. The van der Waals surface area contributed by atoms with Gasteiger partial charge >= 0.3 is 0 Å². The molecule has 1 aliphatic rings. The van der Waals surface area contributed by atoms with E-state index in [4.69, 9.17) is 0 Å². The van der Waals surface area contributed by atoms with E-state index in [1.54, 1.807) is 12.4 Å². The van der Waals surface area contributed by atoms with Gasteiger partial charge in [-0.15, -0.1) is 0 Å². The summed E-state index contributed by atoms with van der Waals surface area (Å²) in [6.45, 7) is 53.1. The molecule has 14 aromatic rings. The molecule has 0 unspecified atom stereocenters. The number of benzene rings is 12. The Bertz CT molecular complexity index is 5210. The van der Waals surface area contributed by atoms with Gasteiger partial charge in [0.15, 0.2) is 0 Å². The van der Waals surface area contributed by atoms with Gasteiger partial charge in [0.05, 0.1) is 11.1 Å². The van der Waals surface area contributed by atoms with Crippen LogP contribution in [0, 0.1) is 15.5 Å². The fourth-order valence-electron chi connectivity index (χ4n) is 13.1. The Hall–Kier alpha value is -9.91. The maximum atomic E-state index is 10.3. The van der Waals surface area contributed by atoms with Gasteiger partial charge in [0.1, 0.15) is 0 Å². The van der Waals surface area contributed by atoms with Crippen LogP contribution in [0.5, 0.6) is 0 Å². The molecule has 6 nitrogen and oxygen atoms in total. The van der Waals surface area contributed by atoms with Gasteiger partial charge in [-0.2, -0.15) is 0 Å². The van der Waals surface area contributed by atoms with Crippen LogP contribution in [0.3, 0.4) is 0 Å². The molecule has 0 N–H and O–H groups in total. The highest BCUT2D eigenvalue weighted by atomic mass is 16.6. The van der Waals surface area contributed by atoms with E-state index < -0.39 is 0 Å². The van der Waals surface area contributed by atoms with Crippen LogP contribution in [-0.2, 0) is 38.2 Å². The maximum Gasteiger partial charge on any atom is 0.286 e. The van der Waals surface area contributed by atoms with Crippen molar-refractivity contribution in [3.63, 3.8) is 0 Å². The van der Waals surface area contributed by atoms with Gasteiger partial charge in [-0.05, 0) is 201 Å². The molecule has 0 radical (unpaired) electrons. The molecule has 0 amide bonds. The van der Waals surface area contributed by atoms with Crippen LogP contribution < -0.4 is 0 Å². The normalized spacial score (nSPS) is 12.6. The molecule has 0 aliphatic carbocycles. The minimum Gasteiger partial charge on any atom is -0.349 e. The maximum absolute atomic E-state index is 10.3. The molecule has 3 heterocycles. The van der Waals surface area contributed by atoms with Crippen molar-refractivity contribution in [3.05, 3.63) is 317 Å². The van der Waals surface area contributed by atoms with Crippen molar-refractivity contribution in [3.8, 4) is 0 Å². The van der Waals surface area contributed by atoms with Gasteiger partial charge in [-0.25, -0.2) is 0 Å². The molecular weight excluding hydrogens is 1290 g/mol. The Balaban J connectivity index is 0.000000155. The smallest absolute Gasteiger partial charge is 0.286 e. The number of aromatic nitrogens is 2. The quantitative estimate of drug-likeness (QED) is 0.0934. The summed E-state index contributed by atoms with van der Waals surface area (Å²) in [4.78, 5) is 14.0. The molecule has 106 heavy (non-hydrogen) atoms. The number of nitrogens with zero attached hydrogens (tertiary/aromatic N) is 4. The van der Waals surface area contributed by atoms with E-state index in [1.807, 2.05) is 49.9 Å². The lowest BCUT2D eigenvalue weighted by atomic mass is 9.81. The first kappa shape index (κ1) is 81.8. The summed E-state index contributed by atoms with van der Waals surface area (Å²) in [5.41, 5.74) is 10.2. The molecule has 552 valence electrons. The lowest BCUT2D eigenvalue weighted by molar-refractivity contribution is -0.384. The van der Waals surface area contributed by atoms with Crippen LogP contribution in [0.1, 0.15) is 200 Å². The SMILES string of the molecule is CC(C)(C)C1=CN=CC1.CC(C)(C)c1cc2ccccc2c2ccccc12.CC(C)(C)c1ccc2ccc3cccc4ccc1c2c34.CC(C)(C)c1ccc2ccccc2c1.CC(C)(C)c1cccc2ccccc12.CC(C)(C)c1ccccc1.CC(C)(C)n1ccc([N+](=O)[O-])c1.CC(C)(C)n1cccc1. The van der Waals surface area contributed by atoms with E-state index in [-0.39, 0.29) is 43.3 Å². The Morgan fingerprint density at radius 2 is 0.755 bits per heavy atom. The van der Waals surface area contributed by atoms with E-state index in [2.05, 4.69) is 392 Å². The van der Waals surface area contributed by atoms with Gasteiger partial charge in [0.25, 0.3) is 5.69 Å². The van der Waals surface area contributed by atoms with Crippen LogP contribution in [0.4, 0.5) is 5.69 Å². The van der Waals surface area contributed by atoms with Crippen LogP contribution in [0.15, 0.2) is 284 Å². The largest absolute Gasteiger partial charge is 0.349 e. The molecule has 0 fully saturated rings. The molecule has 0 spiro atoms. The zero-order valence-corrected chi connectivity index (χ0v) is 68.4. The van der Waals surface area contributed by atoms with Gasteiger partial charge in [-0.1, -0.05) is 343 Å². The summed E-state index contributed by atoms with van der Waals surface area (Å²) in [7, 11) is 0. The minimum atomic E-state index is -0.387. The van der Waals surface area contributed by atoms with Crippen LogP contribution in [0.25, 0.3) is 75.4 Å². The average molecular weight is 1410 g/mol. The van der Waals surface area contributed by atoms with E-state index in [0.29, 0.717) is 10.8 Å². The number of nitro groups is 1. The fraction of sp³-hybridized carbons (Fsp3) is 0.330. The van der Waals surface area contributed by atoms with Crippen molar-refractivity contribution >= 4 is 87.3 Å². The summed E-state index contributed by atoms with van der Waals surface area (Å²) in [6.07, 6.45) is 12.4. The van der Waals surface area contributed by atoms with E-state index in [1.165, 1.54) is 115 Å². The summed E-state index contributed by atoms with van der Waals surface area (Å²) in [5, 5.41) is 29.4. The number of fused-ring (bicyclic) bond motifs is 5. The Morgan fingerprint density at radius 3 is 1.24 bits per heavy atom. The van der Waals surface area contributed by atoms with Crippen LogP contribution in [0.2, 0.25) is 0 Å². The zero-order valence-electron chi connectivity index (χ0n) is 68.4. The molecule has 0 atom stereocenters. The standard InChI is InChI=1S/C20H18.C18H18.2C14H16.C10H14.C8H12N2O2.2C8H13N/c1-20(2,3)17-12-10-15-8-7-13-5-4-6-14-9-11-16(17)19(15)18(13)14;1-18(2,3)17-12-13-8-4-5-9-14(13)15-10-6-7-11-16(15)17;1-14(2,3)13-10-6-8-11-7-4-5-9-12(11)13;1-14(2,3)13-9-8-11-6-4-5-7-12(11)10-13;1-10(2,3)9-7-5-4-6-8-9;1-8(2,3)9-5-4-7(6-9)10(11)12;1-8(2,3)7-4-5-9-6-7;1-8(2,3)9-6-4-5-7-9/h4-12H,1-3H3;4-12H,1-3H3;2*4-10H,1-3H3;4-8H,1-3H3;4-6H,1-3H3;5-6H,4H2,1-3H3;4-7H,1-3H3. The molecule has 0 bridgehead atoms. The lowest BCUT2D eigenvalue weighted by Gasteiger charge is -2.23. The van der Waals surface area contributed by atoms with Gasteiger partial charge in [0, 0.05) is 54.6 Å².